The molecule has 0 radical (unpaired) electrons. The number of anilines is 1. The first-order valence-corrected chi connectivity index (χ1v) is 7.81. The van der Waals surface area contributed by atoms with Gasteiger partial charge in [-0.15, -0.1) is 24.0 Å². The summed E-state index contributed by atoms with van der Waals surface area (Å²) in [4.78, 5) is 8.47. The minimum absolute atomic E-state index is 0. The Balaban J connectivity index is 0.00000243. The molecule has 0 saturated heterocycles. The smallest absolute Gasteiger partial charge is 0.248 e. The van der Waals surface area contributed by atoms with Gasteiger partial charge in [0.05, 0.1) is 7.11 Å². The molecular formula is C17H17ClIN5O2. The lowest BCUT2D eigenvalue weighted by molar-refractivity contribution is 0.381. The van der Waals surface area contributed by atoms with E-state index in [1.165, 1.54) is 0 Å². The van der Waals surface area contributed by atoms with Crippen LogP contribution < -0.4 is 15.8 Å². The van der Waals surface area contributed by atoms with Crippen LogP contribution in [-0.4, -0.2) is 23.2 Å². The SMILES string of the molecule is COc1ccc(NC(N)=NCc2nc(-c3ccc(Cl)cc3)no2)cc1.I. The fourth-order valence-corrected chi connectivity index (χ4v) is 2.18. The lowest BCUT2D eigenvalue weighted by atomic mass is 10.2. The predicted octanol–water partition coefficient (Wildman–Crippen LogP) is 3.94. The normalized spacial score (nSPS) is 10.9. The van der Waals surface area contributed by atoms with Gasteiger partial charge in [-0.1, -0.05) is 16.8 Å². The fraction of sp³-hybridized carbons (Fsp3) is 0.118. The second kappa shape index (κ2) is 9.39. The van der Waals surface area contributed by atoms with Gasteiger partial charge in [-0.05, 0) is 48.5 Å². The Morgan fingerprint density at radius 1 is 1.19 bits per heavy atom. The zero-order valence-electron chi connectivity index (χ0n) is 13.8. The van der Waals surface area contributed by atoms with Gasteiger partial charge >= 0.3 is 0 Å². The Morgan fingerprint density at radius 3 is 2.54 bits per heavy atom. The van der Waals surface area contributed by atoms with Gasteiger partial charge in [-0.2, -0.15) is 4.98 Å². The van der Waals surface area contributed by atoms with Crippen LogP contribution in [0.5, 0.6) is 5.75 Å². The van der Waals surface area contributed by atoms with Crippen LogP contribution in [0.15, 0.2) is 58.0 Å². The summed E-state index contributed by atoms with van der Waals surface area (Å²) < 4.78 is 10.3. The molecule has 0 aliphatic rings. The summed E-state index contributed by atoms with van der Waals surface area (Å²) in [5.74, 6) is 1.85. The van der Waals surface area contributed by atoms with Crippen LogP contribution in [0.4, 0.5) is 5.69 Å². The average molecular weight is 486 g/mol. The molecule has 0 atom stereocenters. The number of hydrogen-bond donors (Lipinski definition) is 2. The predicted molar refractivity (Wildman–Crippen MR) is 112 cm³/mol. The summed E-state index contributed by atoms with van der Waals surface area (Å²) >= 11 is 5.86. The largest absolute Gasteiger partial charge is 0.497 e. The summed E-state index contributed by atoms with van der Waals surface area (Å²) in [6, 6.07) is 14.5. The number of ether oxygens (including phenoxy) is 1. The first-order chi connectivity index (χ1) is 12.1. The molecule has 0 saturated carbocycles. The zero-order chi connectivity index (χ0) is 17.6. The Hall–Kier alpha value is -2.33. The van der Waals surface area contributed by atoms with Crippen molar-refractivity contribution in [2.75, 3.05) is 12.4 Å². The number of guanidine groups is 1. The van der Waals surface area contributed by atoms with Crippen molar-refractivity contribution >= 4 is 47.2 Å². The number of nitrogens with two attached hydrogens (primary N) is 1. The van der Waals surface area contributed by atoms with Gasteiger partial charge in [-0.3, -0.25) is 0 Å². The molecule has 0 spiro atoms. The number of aromatic nitrogens is 2. The number of rotatable bonds is 5. The van der Waals surface area contributed by atoms with Crippen molar-refractivity contribution in [3.63, 3.8) is 0 Å². The molecule has 26 heavy (non-hydrogen) atoms. The second-order valence-corrected chi connectivity index (χ2v) is 5.51. The van der Waals surface area contributed by atoms with Crippen LogP contribution in [0.1, 0.15) is 5.89 Å². The lowest BCUT2D eigenvalue weighted by Crippen LogP contribution is -2.22. The standard InChI is InChI=1S/C17H16ClN5O2.HI/c1-24-14-8-6-13(7-9-14)21-17(19)20-10-15-22-16(23-25-15)11-2-4-12(18)5-3-11;/h2-9H,10H2,1H3,(H3,19,20,21);1H. The van der Waals surface area contributed by atoms with Crippen molar-refractivity contribution in [1.82, 2.24) is 10.1 Å². The summed E-state index contributed by atoms with van der Waals surface area (Å²) in [6.07, 6.45) is 0. The van der Waals surface area contributed by atoms with Crippen molar-refractivity contribution in [1.29, 1.82) is 0 Å². The van der Waals surface area contributed by atoms with E-state index in [-0.39, 0.29) is 36.5 Å². The van der Waals surface area contributed by atoms with Crippen LogP contribution in [0, 0.1) is 0 Å². The Bertz CT molecular complexity index is 866. The van der Waals surface area contributed by atoms with E-state index in [2.05, 4.69) is 20.4 Å². The van der Waals surface area contributed by atoms with E-state index in [1.807, 2.05) is 36.4 Å². The van der Waals surface area contributed by atoms with Crippen LogP contribution >= 0.6 is 35.6 Å². The molecule has 0 amide bonds. The molecule has 0 unspecified atom stereocenters. The van der Waals surface area contributed by atoms with Gasteiger partial charge < -0.3 is 20.3 Å². The van der Waals surface area contributed by atoms with Crippen molar-refractivity contribution < 1.29 is 9.26 Å². The first-order valence-electron chi connectivity index (χ1n) is 7.43. The van der Waals surface area contributed by atoms with Gasteiger partial charge in [0.25, 0.3) is 0 Å². The summed E-state index contributed by atoms with van der Waals surface area (Å²) in [7, 11) is 1.61. The Labute approximate surface area is 172 Å². The highest BCUT2D eigenvalue weighted by Crippen LogP contribution is 2.19. The van der Waals surface area contributed by atoms with Crippen molar-refractivity contribution in [2.24, 2.45) is 10.7 Å². The first kappa shape index (κ1) is 20.0. The average Bonchev–Trinajstić information content (AvgIpc) is 3.10. The molecule has 0 aliphatic carbocycles. The number of nitrogens with one attached hydrogen (secondary N) is 1. The summed E-state index contributed by atoms with van der Waals surface area (Å²) in [5, 5.41) is 7.55. The molecule has 0 bridgehead atoms. The van der Waals surface area contributed by atoms with E-state index in [1.54, 1.807) is 19.2 Å². The van der Waals surface area contributed by atoms with Gasteiger partial charge in [-0.25, -0.2) is 4.99 Å². The van der Waals surface area contributed by atoms with E-state index >= 15 is 0 Å². The van der Waals surface area contributed by atoms with Crippen LogP contribution in [0.25, 0.3) is 11.4 Å². The van der Waals surface area contributed by atoms with Crippen molar-refractivity contribution in [3.05, 3.63) is 59.4 Å². The van der Waals surface area contributed by atoms with E-state index in [4.69, 9.17) is 26.6 Å². The molecule has 1 aromatic heterocycles. The quantitative estimate of drug-likeness (QED) is 0.323. The van der Waals surface area contributed by atoms with Crippen molar-refractivity contribution in [3.8, 4) is 17.1 Å². The molecule has 9 heteroatoms. The molecule has 0 aliphatic heterocycles. The second-order valence-electron chi connectivity index (χ2n) is 5.07. The van der Waals surface area contributed by atoms with Gasteiger partial charge in [0, 0.05) is 16.3 Å². The molecule has 136 valence electrons. The molecule has 2 aromatic carbocycles. The fourth-order valence-electron chi connectivity index (χ4n) is 2.05. The van der Waals surface area contributed by atoms with Gasteiger partial charge in [0.15, 0.2) is 5.96 Å². The molecule has 3 N–H and O–H groups in total. The molecular weight excluding hydrogens is 469 g/mol. The highest BCUT2D eigenvalue weighted by molar-refractivity contribution is 14.0. The maximum Gasteiger partial charge on any atom is 0.248 e. The van der Waals surface area contributed by atoms with E-state index < -0.39 is 0 Å². The van der Waals surface area contributed by atoms with Crippen molar-refractivity contribution in [2.45, 2.75) is 6.54 Å². The third-order valence-electron chi connectivity index (χ3n) is 3.32. The van der Waals surface area contributed by atoms with E-state index in [0.717, 1.165) is 17.0 Å². The number of nitrogens with zero attached hydrogens (tertiary/aromatic N) is 3. The van der Waals surface area contributed by atoms with Crippen LogP contribution in [-0.2, 0) is 6.54 Å². The number of aliphatic imine (C=N–C) groups is 1. The minimum atomic E-state index is 0. The molecule has 1 heterocycles. The van der Waals surface area contributed by atoms with E-state index in [0.29, 0.717) is 16.7 Å². The van der Waals surface area contributed by atoms with Gasteiger partial charge in [0.1, 0.15) is 12.3 Å². The zero-order valence-corrected chi connectivity index (χ0v) is 16.9. The third-order valence-corrected chi connectivity index (χ3v) is 3.57. The minimum Gasteiger partial charge on any atom is -0.497 e. The molecule has 3 rings (SSSR count). The summed E-state index contributed by atoms with van der Waals surface area (Å²) in [5.41, 5.74) is 7.47. The van der Waals surface area contributed by atoms with Crippen LogP contribution in [0.2, 0.25) is 5.02 Å². The topological polar surface area (TPSA) is 98.6 Å². The highest BCUT2D eigenvalue weighted by Gasteiger charge is 2.08. The Morgan fingerprint density at radius 2 is 1.88 bits per heavy atom. The maximum atomic E-state index is 5.86. The van der Waals surface area contributed by atoms with Gasteiger partial charge in [0.2, 0.25) is 11.7 Å². The number of hydrogen-bond acceptors (Lipinski definition) is 5. The molecule has 3 aromatic rings. The Kier molecular flexibility index (Phi) is 7.22. The lowest BCUT2D eigenvalue weighted by Gasteiger charge is -2.05. The number of halogens is 2. The van der Waals surface area contributed by atoms with Crippen LogP contribution in [0.3, 0.4) is 0 Å². The monoisotopic (exact) mass is 485 g/mol. The van der Waals surface area contributed by atoms with E-state index in [9.17, 15) is 0 Å². The maximum absolute atomic E-state index is 5.86. The summed E-state index contributed by atoms with van der Waals surface area (Å²) in [6.45, 7) is 0.176. The highest BCUT2D eigenvalue weighted by atomic mass is 127. The molecule has 7 nitrogen and oxygen atoms in total. The number of methoxy groups -OCH3 is 1. The number of benzene rings is 2. The third kappa shape index (κ3) is 5.33. The molecule has 0 fully saturated rings.